The number of hydrogen-bond acceptors (Lipinski definition) is 4. The number of amides is 1. The fourth-order valence-electron chi connectivity index (χ4n) is 2.28. The van der Waals surface area contributed by atoms with Crippen LogP contribution in [0.3, 0.4) is 0 Å². The monoisotopic (exact) mass is 276 g/mol. The molecule has 108 valence electrons. The highest BCUT2D eigenvalue weighted by Gasteiger charge is 2.39. The normalized spacial score (nSPS) is 21.2. The molecule has 20 heavy (non-hydrogen) atoms. The van der Waals surface area contributed by atoms with Crippen LogP contribution in [0.25, 0.3) is 0 Å². The third kappa shape index (κ3) is 3.11. The number of Topliss-reactive ketones (excluding diaryl/α,β-unsaturated/α-hetero) is 2. The van der Waals surface area contributed by atoms with E-state index in [1.165, 1.54) is 7.05 Å². The predicted molar refractivity (Wildman–Crippen MR) is 76.5 cm³/mol. The highest BCUT2D eigenvalue weighted by molar-refractivity contribution is 6.14. The molecule has 1 aromatic rings. The minimum atomic E-state index is -0.640. The van der Waals surface area contributed by atoms with Crippen molar-refractivity contribution < 1.29 is 14.4 Å². The van der Waals surface area contributed by atoms with Gasteiger partial charge in [0, 0.05) is 24.9 Å². The first-order chi connectivity index (χ1) is 9.54. The lowest BCUT2D eigenvalue weighted by Crippen LogP contribution is -2.18. The molecule has 5 nitrogen and oxygen atoms in total. The van der Waals surface area contributed by atoms with Crippen LogP contribution >= 0.6 is 0 Å². The molecule has 0 saturated heterocycles. The SMILES string of the molecule is CN.CNC(=O)c1ccc(C2C(=O)CC(C)C2=O)cc1. The lowest BCUT2D eigenvalue weighted by Gasteiger charge is -2.08. The van der Waals surface area contributed by atoms with E-state index < -0.39 is 5.92 Å². The number of benzene rings is 1. The molecule has 2 unspecified atom stereocenters. The average molecular weight is 276 g/mol. The molecule has 2 atom stereocenters. The summed E-state index contributed by atoms with van der Waals surface area (Å²) >= 11 is 0. The first-order valence-electron chi connectivity index (χ1n) is 6.50. The molecule has 0 radical (unpaired) electrons. The van der Waals surface area contributed by atoms with Gasteiger partial charge in [-0.05, 0) is 24.7 Å². The van der Waals surface area contributed by atoms with E-state index in [4.69, 9.17) is 0 Å². The number of carbonyl (C=O) groups excluding carboxylic acids is 3. The van der Waals surface area contributed by atoms with E-state index >= 15 is 0 Å². The van der Waals surface area contributed by atoms with Crippen molar-refractivity contribution in [3.05, 3.63) is 35.4 Å². The zero-order chi connectivity index (χ0) is 15.3. The number of nitrogens with two attached hydrogens (primary N) is 1. The van der Waals surface area contributed by atoms with Crippen molar-refractivity contribution in [2.45, 2.75) is 19.3 Å². The van der Waals surface area contributed by atoms with Crippen molar-refractivity contribution in [3.63, 3.8) is 0 Å². The van der Waals surface area contributed by atoms with E-state index in [0.29, 0.717) is 17.5 Å². The smallest absolute Gasteiger partial charge is 0.251 e. The Morgan fingerprint density at radius 3 is 2.15 bits per heavy atom. The van der Waals surface area contributed by atoms with Gasteiger partial charge in [-0.2, -0.15) is 0 Å². The fraction of sp³-hybridized carbons (Fsp3) is 0.400. The summed E-state index contributed by atoms with van der Waals surface area (Å²) in [6.45, 7) is 1.78. The molecule has 0 spiro atoms. The van der Waals surface area contributed by atoms with Crippen molar-refractivity contribution in [3.8, 4) is 0 Å². The number of hydrogen-bond donors (Lipinski definition) is 2. The van der Waals surface area contributed by atoms with Crippen LogP contribution < -0.4 is 11.1 Å². The lowest BCUT2D eigenvalue weighted by molar-refractivity contribution is -0.124. The Kier molecular flexibility index (Phi) is 5.58. The van der Waals surface area contributed by atoms with Crippen LogP contribution in [0.2, 0.25) is 0 Å². The van der Waals surface area contributed by atoms with E-state index in [0.717, 1.165) is 0 Å². The Hall–Kier alpha value is -2.01. The molecule has 0 heterocycles. The fourth-order valence-corrected chi connectivity index (χ4v) is 2.28. The molecular weight excluding hydrogens is 256 g/mol. The molecule has 1 fully saturated rings. The zero-order valence-electron chi connectivity index (χ0n) is 12.0. The molecule has 1 aromatic carbocycles. The summed E-state index contributed by atoms with van der Waals surface area (Å²) in [7, 11) is 3.06. The molecule has 1 amide bonds. The third-order valence-corrected chi connectivity index (χ3v) is 3.33. The number of carbonyl (C=O) groups is 3. The molecule has 1 aliphatic carbocycles. The summed E-state index contributed by atoms with van der Waals surface area (Å²) in [6.07, 6.45) is 0.320. The molecule has 5 heteroatoms. The van der Waals surface area contributed by atoms with Crippen LogP contribution in [0.5, 0.6) is 0 Å². The molecule has 0 aromatic heterocycles. The van der Waals surface area contributed by atoms with Gasteiger partial charge >= 0.3 is 0 Å². The second-order valence-electron chi connectivity index (χ2n) is 4.61. The van der Waals surface area contributed by atoms with Crippen molar-refractivity contribution >= 4 is 17.5 Å². The highest BCUT2D eigenvalue weighted by atomic mass is 16.2. The Balaban J connectivity index is 0.000000956. The van der Waals surface area contributed by atoms with Gasteiger partial charge in [-0.25, -0.2) is 0 Å². The standard InChI is InChI=1S/C14H15NO3.CH5N/c1-8-7-11(16)12(13(8)17)9-3-5-10(6-4-9)14(18)15-2;1-2/h3-6,8,12H,7H2,1-2H3,(H,15,18);2H2,1H3. The van der Waals surface area contributed by atoms with Gasteiger partial charge in [-0.1, -0.05) is 19.1 Å². The molecule has 0 aliphatic heterocycles. The van der Waals surface area contributed by atoms with E-state index in [1.54, 1.807) is 38.2 Å². The van der Waals surface area contributed by atoms with E-state index in [-0.39, 0.29) is 23.4 Å². The van der Waals surface area contributed by atoms with Gasteiger partial charge in [0.2, 0.25) is 0 Å². The van der Waals surface area contributed by atoms with Gasteiger partial charge in [0.05, 0.1) is 0 Å². The minimum absolute atomic E-state index is 0.0207. The van der Waals surface area contributed by atoms with Gasteiger partial charge in [0.25, 0.3) is 5.91 Å². The Morgan fingerprint density at radius 1 is 1.20 bits per heavy atom. The molecule has 1 saturated carbocycles. The summed E-state index contributed by atoms with van der Waals surface area (Å²) in [5.41, 5.74) is 5.70. The van der Waals surface area contributed by atoms with Gasteiger partial charge < -0.3 is 11.1 Å². The Bertz CT molecular complexity index is 508. The molecule has 1 aliphatic rings. The topological polar surface area (TPSA) is 89.3 Å². The van der Waals surface area contributed by atoms with Crippen LogP contribution in [0.15, 0.2) is 24.3 Å². The first kappa shape index (κ1) is 16.0. The summed E-state index contributed by atoms with van der Waals surface area (Å²) in [5.74, 6) is -1.06. The quantitative estimate of drug-likeness (QED) is 0.785. The summed E-state index contributed by atoms with van der Waals surface area (Å²) < 4.78 is 0. The van der Waals surface area contributed by atoms with Crippen LogP contribution in [0.4, 0.5) is 0 Å². The van der Waals surface area contributed by atoms with Gasteiger partial charge in [0.15, 0.2) is 5.78 Å². The van der Waals surface area contributed by atoms with Gasteiger partial charge in [-0.15, -0.1) is 0 Å². The molecular formula is C15H20N2O3. The first-order valence-corrected chi connectivity index (χ1v) is 6.50. The molecule has 2 rings (SSSR count). The van der Waals surface area contributed by atoms with Crippen LogP contribution in [0, 0.1) is 5.92 Å². The van der Waals surface area contributed by atoms with Crippen molar-refractivity contribution in [1.82, 2.24) is 5.32 Å². The van der Waals surface area contributed by atoms with E-state index in [9.17, 15) is 14.4 Å². The second kappa shape index (κ2) is 6.96. The lowest BCUT2D eigenvalue weighted by atomic mass is 9.94. The maximum absolute atomic E-state index is 11.9. The van der Waals surface area contributed by atoms with Gasteiger partial charge in [0.1, 0.15) is 11.7 Å². The minimum Gasteiger partial charge on any atom is -0.355 e. The maximum atomic E-state index is 11.9. The van der Waals surface area contributed by atoms with Crippen LogP contribution in [-0.4, -0.2) is 31.6 Å². The van der Waals surface area contributed by atoms with Crippen molar-refractivity contribution in [2.75, 3.05) is 14.1 Å². The zero-order valence-corrected chi connectivity index (χ0v) is 12.0. The Morgan fingerprint density at radius 2 is 1.75 bits per heavy atom. The van der Waals surface area contributed by atoms with Crippen molar-refractivity contribution in [2.24, 2.45) is 11.7 Å². The summed E-state index contributed by atoms with van der Waals surface area (Å²) in [5, 5.41) is 2.52. The number of nitrogens with one attached hydrogen (secondary N) is 1. The van der Waals surface area contributed by atoms with Crippen LogP contribution in [-0.2, 0) is 9.59 Å². The summed E-state index contributed by atoms with van der Waals surface area (Å²) in [4.78, 5) is 35.0. The van der Waals surface area contributed by atoms with Gasteiger partial charge in [-0.3, -0.25) is 14.4 Å². The highest BCUT2D eigenvalue weighted by Crippen LogP contribution is 2.31. The van der Waals surface area contributed by atoms with E-state index in [1.807, 2.05) is 0 Å². The number of rotatable bonds is 2. The maximum Gasteiger partial charge on any atom is 0.251 e. The second-order valence-corrected chi connectivity index (χ2v) is 4.61. The molecule has 3 N–H and O–H groups in total. The van der Waals surface area contributed by atoms with Crippen LogP contribution in [0.1, 0.15) is 35.2 Å². The van der Waals surface area contributed by atoms with E-state index in [2.05, 4.69) is 11.1 Å². The third-order valence-electron chi connectivity index (χ3n) is 3.33. The number of ketones is 2. The largest absolute Gasteiger partial charge is 0.355 e. The summed E-state index contributed by atoms with van der Waals surface area (Å²) in [6, 6.07) is 6.64. The average Bonchev–Trinajstić information content (AvgIpc) is 2.74. The Labute approximate surface area is 118 Å². The molecule has 0 bridgehead atoms. The predicted octanol–water partition coefficient (Wildman–Crippen LogP) is 0.883. The van der Waals surface area contributed by atoms with Crippen molar-refractivity contribution in [1.29, 1.82) is 0 Å².